The predicted molar refractivity (Wildman–Crippen MR) is 116 cm³/mol. The Kier molecular flexibility index (Phi) is 8.55. The number of anilines is 2. The van der Waals surface area contributed by atoms with Crippen LogP contribution in [0.4, 0.5) is 11.5 Å². The van der Waals surface area contributed by atoms with Gasteiger partial charge >= 0.3 is 5.97 Å². The van der Waals surface area contributed by atoms with Crippen molar-refractivity contribution in [2.45, 2.75) is 30.7 Å². The van der Waals surface area contributed by atoms with E-state index in [0.717, 1.165) is 11.8 Å². The molecule has 9 nitrogen and oxygen atoms in total. The van der Waals surface area contributed by atoms with Gasteiger partial charge in [-0.15, -0.1) is 0 Å². The van der Waals surface area contributed by atoms with Crippen LogP contribution in [0.3, 0.4) is 0 Å². The van der Waals surface area contributed by atoms with Crippen LogP contribution < -0.4 is 20.5 Å². The van der Waals surface area contributed by atoms with E-state index in [0.29, 0.717) is 28.6 Å². The molecule has 1 aromatic heterocycles. The summed E-state index contributed by atoms with van der Waals surface area (Å²) in [6.45, 7) is 3.76. The lowest BCUT2D eigenvalue weighted by Crippen LogP contribution is -2.25. The third kappa shape index (κ3) is 5.67. The van der Waals surface area contributed by atoms with Crippen molar-refractivity contribution in [3.05, 3.63) is 28.9 Å². The van der Waals surface area contributed by atoms with E-state index in [4.69, 9.17) is 31.5 Å². The number of carbonyl (C=O) groups is 2. The van der Waals surface area contributed by atoms with E-state index in [1.807, 2.05) is 6.92 Å². The van der Waals surface area contributed by atoms with Gasteiger partial charge in [-0.25, -0.2) is 14.8 Å². The van der Waals surface area contributed by atoms with Gasteiger partial charge in [0.2, 0.25) is 5.91 Å². The van der Waals surface area contributed by atoms with Gasteiger partial charge in [-0.3, -0.25) is 4.79 Å². The number of amides is 1. The number of benzene rings is 1. The standard InChI is InChI=1S/C19H23ClN4O5S/c1-5-15(30-19-22-9-10(16(21)24-19)18(26)29-6-2)17(25)23-12-7-11(20)13(27-3)8-14(12)28-4/h7-9,15H,5-6H2,1-4H3,(H,23,25)(H2,21,22,24)/t15-/m1/s1. The monoisotopic (exact) mass is 454 g/mol. The van der Waals surface area contributed by atoms with Crippen molar-refractivity contribution in [1.29, 1.82) is 0 Å². The number of halogens is 1. The third-order valence-corrected chi connectivity index (χ3v) is 5.47. The minimum Gasteiger partial charge on any atom is -0.495 e. The van der Waals surface area contributed by atoms with Gasteiger partial charge in [0.25, 0.3) is 0 Å². The Morgan fingerprint density at radius 2 is 1.93 bits per heavy atom. The Morgan fingerprint density at radius 3 is 2.50 bits per heavy atom. The van der Waals surface area contributed by atoms with Gasteiger partial charge in [-0.2, -0.15) is 0 Å². The highest BCUT2D eigenvalue weighted by atomic mass is 35.5. The van der Waals surface area contributed by atoms with Crippen LogP contribution in [0.25, 0.3) is 0 Å². The molecule has 1 aromatic carbocycles. The molecule has 1 amide bonds. The maximum Gasteiger partial charge on any atom is 0.343 e. The largest absolute Gasteiger partial charge is 0.495 e. The van der Waals surface area contributed by atoms with Gasteiger partial charge in [0, 0.05) is 12.3 Å². The SMILES string of the molecule is CCOC(=O)c1cnc(S[C@H](CC)C(=O)Nc2cc(Cl)c(OC)cc2OC)nc1N. The summed E-state index contributed by atoms with van der Waals surface area (Å²) in [5, 5.41) is 2.87. The first-order valence-electron chi connectivity index (χ1n) is 9.03. The van der Waals surface area contributed by atoms with Gasteiger partial charge in [-0.1, -0.05) is 30.3 Å². The number of rotatable bonds is 9. The van der Waals surface area contributed by atoms with Gasteiger partial charge < -0.3 is 25.3 Å². The lowest BCUT2D eigenvalue weighted by Gasteiger charge is -2.17. The fraction of sp³-hybridized carbons (Fsp3) is 0.368. The molecule has 162 valence electrons. The number of nitrogens with zero attached hydrogens (tertiary/aromatic N) is 2. The molecule has 3 N–H and O–H groups in total. The maximum absolute atomic E-state index is 12.8. The summed E-state index contributed by atoms with van der Waals surface area (Å²) < 4.78 is 15.4. The molecule has 0 aliphatic heterocycles. The highest BCUT2D eigenvalue weighted by Gasteiger charge is 2.23. The van der Waals surface area contributed by atoms with Crippen LogP contribution in [0, 0.1) is 0 Å². The molecule has 30 heavy (non-hydrogen) atoms. The Labute approximate surface area is 183 Å². The molecule has 0 unspecified atom stereocenters. The van der Waals surface area contributed by atoms with Crippen LogP contribution in [0.15, 0.2) is 23.5 Å². The summed E-state index contributed by atoms with van der Waals surface area (Å²) in [5.41, 5.74) is 6.33. The molecule has 0 bridgehead atoms. The summed E-state index contributed by atoms with van der Waals surface area (Å²) in [7, 11) is 2.97. The van der Waals surface area contributed by atoms with Crippen LogP contribution in [0.2, 0.25) is 5.02 Å². The fourth-order valence-corrected chi connectivity index (χ4v) is 3.51. The zero-order valence-electron chi connectivity index (χ0n) is 17.0. The summed E-state index contributed by atoms with van der Waals surface area (Å²) >= 11 is 7.28. The second-order valence-electron chi connectivity index (χ2n) is 5.86. The molecular weight excluding hydrogens is 432 g/mol. The van der Waals surface area contributed by atoms with Gasteiger partial charge in [-0.05, 0) is 19.4 Å². The van der Waals surface area contributed by atoms with E-state index >= 15 is 0 Å². The number of carbonyl (C=O) groups excluding carboxylic acids is 2. The van der Waals surface area contributed by atoms with Crippen molar-refractivity contribution in [2.24, 2.45) is 0 Å². The minimum absolute atomic E-state index is 0.00943. The van der Waals surface area contributed by atoms with E-state index in [2.05, 4.69) is 15.3 Å². The molecule has 0 aliphatic rings. The van der Waals surface area contributed by atoms with Crippen molar-refractivity contribution in [1.82, 2.24) is 9.97 Å². The Balaban J connectivity index is 2.17. The number of methoxy groups -OCH3 is 2. The number of hydrogen-bond donors (Lipinski definition) is 2. The van der Waals surface area contributed by atoms with Crippen molar-refractivity contribution in [3.63, 3.8) is 0 Å². The Hall–Kier alpha value is -2.72. The van der Waals surface area contributed by atoms with E-state index in [1.165, 1.54) is 20.4 Å². The lowest BCUT2D eigenvalue weighted by atomic mass is 10.2. The number of nitrogens with two attached hydrogens (primary N) is 1. The highest BCUT2D eigenvalue weighted by molar-refractivity contribution is 8.00. The topological polar surface area (TPSA) is 126 Å². The van der Waals surface area contributed by atoms with Crippen molar-refractivity contribution < 1.29 is 23.8 Å². The van der Waals surface area contributed by atoms with Gasteiger partial charge in [0.15, 0.2) is 5.16 Å². The Morgan fingerprint density at radius 1 is 1.23 bits per heavy atom. The van der Waals surface area contributed by atoms with Crippen molar-refractivity contribution in [2.75, 3.05) is 31.9 Å². The van der Waals surface area contributed by atoms with Crippen molar-refractivity contribution >= 4 is 46.7 Å². The second kappa shape index (κ2) is 10.9. The van der Waals surface area contributed by atoms with Gasteiger partial charge in [0.1, 0.15) is 22.9 Å². The average molecular weight is 455 g/mol. The molecule has 2 rings (SSSR count). The van der Waals surface area contributed by atoms with Crippen LogP contribution >= 0.6 is 23.4 Å². The zero-order valence-corrected chi connectivity index (χ0v) is 18.6. The summed E-state index contributed by atoms with van der Waals surface area (Å²) in [5.74, 6) is -0.0643. The predicted octanol–water partition coefficient (Wildman–Crippen LogP) is 3.42. The number of esters is 1. The summed E-state index contributed by atoms with van der Waals surface area (Å²) in [4.78, 5) is 32.8. The van der Waals surface area contributed by atoms with Crippen LogP contribution in [0.5, 0.6) is 11.5 Å². The first-order valence-corrected chi connectivity index (χ1v) is 10.3. The number of nitrogens with one attached hydrogen (secondary N) is 1. The second-order valence-corrected chi connectivity index (χ2v) is 7.44. The van der Waals surface area contributed by atoms with E-state index in [9.17, 15) is 9.59 Å². The number of hydrogen-bond acceptors (Lipinski definition) is 9. The fourth-order valence-electron chi connectivity index (χ4n) is 2.42. The molecule has 11 heteroatoms. The molecule has 0 fully saturated rings. The molecule has 0 aliphatic carbocycles. The average Bonchev–Trinajstić information content (AvgIpc) is 2.72. The molecule has 1 atom stereocenters. The maximum atomic E-state index is 12.8. The van der Waals surface area contributed by atoms with Crippen LogP contribution in [0.1, 0.15) is 30.6 Å². The molecule has 0 saturated heterocycles. The quantitative estimate of drug-likeness (QED) is 0.333. The third-order valence-electron chi connectivity index (χ3n) is 3.93. The van der Waals surface area contributed by atoms with E-state index in [-0.39, 0.29) is 29.1 Å². The summed E-state index contributed by atoms with van der Waals surface area (Å²) in [6.07, 6.45) is 1.78. The molecule has 0 saturated carbocycles. The molecule has 0 spiro atoms. The molecule has 2 aromatic rings. The number of ether oxygens (including phenoxy) is 3. The summed E-state index contributed by atoms with van der Waals surface area (Å²) in [6, 6.07) is 3.14. The first-order chi connectivity index (χ1) is 14.3. The smallest absolute Gasteiger partial charge is 0.343 e. The van der Waals surface area contributed by atoms with Crippen LogP contribution in [-0.4, -0.2) is 47.9 Å². The number of nitrogen functional groups attached to an aromatic ring is 1. The molecule has 1 heterocycles. The lowest BCUT2D eigenvalue weighted by molar-refractivity contribution is -0.115. The minimum atomic E-state index is -0.597. The van der Waals surface area contributed by atoms with Gasteiger partial charge in [0.05, 0.1) is 36.8 Å². The Bertz CT molecular complexity index is 928. The van der Waals surface area contributed by atoms with E-state index in [1.54, 1.807) is 19.1 Å². The molecular formula is C19H23ClN4O5S. The van der Waals surface area contributed by atoms with E-state index < -0.39 is 11.2 Å². The highest BCUT2D eigenvalue weighted by Crippen LogP contribution is 2.36. The normalized spacial score (nSPS) is 11.5. The van der Waals surface area contributed by atoms with Crippen LogP contribution in [-0.2, 0) is 9.53 Å². The van der Waals surface area contributed by atoms with Crippen molar-refractivity contribution in [3.8, 4) is 11.5 Å². The number of thioether (sulfide) groups is 1. The molecule has 0 radical (unpaired) electrons. The number of aromatic nitrogens is 2. The zero-order chi connectivity index (χ0) is 22.3. The first kappa shape index (κ1) is 23.6.